The van der Waals surface area contributed by atoms with E-state index in [-0.39, 0.29) is 26.1 Å². The number of allylic oxidation sites excluding steroid dienone is 14. The standard InChI is InChI=1S/C52H90NO8P/c1-6-8-10-12-14-16-18-20-22-24-26-28-30-32-34-36-38-40-42-44-51(54)58-48-50(49-60-62(56,57)59-47-46-53(3,4)5)61-52(55)45-43-41-39-37-35-33-31-29-27-25-23-21-19-17-15-13-11-9-7-2/h8,10,14-17,20-23,26,28,32,34,50H,6-7,9,11-13,18-19,24-25,27,29-31,33,35-49H2,1-5H3/p+1/b10-8+,16-14+,17-15+,22-20+,23-21+,28-26+,34-32+/t50-/m1/s1. The van der Waals surface area contributed by atoms with Gasteiger partial charge in [0.25, 0.3) is 0 Å². The number of nitrogens with zero attached hydrogens (tertiary/aromatic N) is 1. The second-order valence-electron chi connectivity index (χ2n) is 17.1. The van der Waals surface area contributed by atoms with Gasteiger partial charge in [0.2, 0.25) is 0 Å². The molecule has 2 atom stereocenters. The van der Waals surface area contributed by atoms with E-state index in [1.807, 2.05) is 21.1 Å². The monoisotopic (exact) mass is 889 g/mol. The summed E-state index contributed by atoms with van der Waals surface area (Å²) < 4.78 is 34.4. The number of carbonyl (C=O) groups is 2. The number of phosphoric acid groups is 1. The first-order valence-corrected chi connectivity index (χ1v) is 25.8. The number of quaternary nitrogens is 1. The Hall–Kier alpha value is -2.81. The van der Waals surface area contributed by atoms with Crippen molar-refractivity contribution in [2.45, 2.75) is 187 Å². The van der Waals surface area contributed by atoms with Gasteiger partial charge in [-0.15, -0.1) is 0 Å². The van der Waals surface area contributed by atoms with E-state index in [2.05, 4.69) is 98.9 Å². The molecular weight excluding hydrogens is 798 g/mol. The highest BCUT2D eigenvalue weighted by Gasteiger charge is 2.27. The fraction of sp³-hybridized carbons (Fsp3) is 0.692. The van der Waals surface area contributed by atoms with Crippen LogP contribution in [0.25, 0.3) is 0 Å². The third kappa shape index (κ3) is 46.7. The molecule has 1 unspecified atom stereocenters. The van der Waals surface area contributed by atoms with Gasteiger partial charge >= 0.3 is 19.8 Å². The minimum Gasteiger partial charge on any atom is -0.462 e. The van der Waals surface area contributed by atoms with Gasteiger partial charge in [-0.1, -0.05) is 163 Å². The largest absolute Gasteiger partial charge is 0.472 e. The Balaban J connectivity index is 4.38. The van der Waals surface area contributed by atoms with Crippen molar-refractivity contribution in [3.05, 3.63) is 85.1 Å². The molecule has 0 heterocycles. The molecule has 0 saturated carbocycles. The number of ether oxygens (including phenoxy) is 2. The van der Waals surface area contributed by atoms with Gasteiger partial charge in [-0.05, 0) is 89.9 Å². The molecule has 62 heavy (non-hydrogen) atoms. The highest BCUT2D eigenvalue weighted by molar-refractivity contribution is 7.47. The van der Waals surface area contributed by atoms with Gasteiger partial charge in [0.15, 0.2) is 6.10 Å². The zero-order chi connectivity index (χ0) is 45.7. The van der Waals surface area contributed by atoms with Crippen LogP contribution < -0.4 is 0 Å². The summed E-state index contributed by atoms with van der Waals surface area (Å²) in [5.74, 6) is -0.846. The summed E-state index contributed by atoms with van der Waals surface area (Å²) in [5.41, 5.74) is 0. The van der Waals surface area contributed by atoms with Crippen molar-refractivity contribution < 1.29 is 42.1 Å². The van der Waals surface area contributed by atoms with Crippen LogP contribution in [0, 0.1) is 0 Å². The minimum atomic E-state index is -4.39. The minimum absolute atomic E-state index is 0.0208. The molecular formula is C52H91NO8P+. The van der Waals surface area contributed by atoms with Crippen LogP contribution in [-0.2, 0) is 32.7 Å². The molecule has 1 N–H and O–H groups in total. The first-order valence-electron chi connectivity index (χ1n) is 24.3. The lowest BCUT2D eigenvalue weighted by Crippen LogP contribution is -2.37. The Morgan fingerprint density at radius 2 is 0.919 bits per heavy atom. The molecule has 10 heteroatoms. The van der Waals surface area contributed by atoms with Crippen LogP contribution in [0.1, 0.15) is 181 Å². The first-order chi connectivity index (χ1) is 30.0. The molecule has 0 aliphatic carbocycles. The van der Waals surface area contributed by atoms with Gasteiger partial charge in [-0.25, -0.2) is 4.57 Å². The van der Waals surface area contributed by atoms with Crippen molar-refractivity contribution >= 4 is 19.8 Å². The summed E-state index contributed by atoms with van der Waals surface area (Å²) in [5, 5.41) is 0. The first kappa shape index (κ1) is 59.2. The Kier molecular flexibility index (Phi) is 41.5. The average molecular weight is 889 g/mol. The number of hydrogen-bond acceptors (Lipinski definition) is 7. The summed E-state index contributed by atoms with van der Waals surface area (Å²) in [6, 6.07) is 0. The van der Waals surface area contributed by atoms with Crippen LogP contribution in [0.2, 0.25) is 0 Å². The smallest absolute Gasteiger partial charge is 0.462 e. The Morgan fingerprint density at radius 3 is 1.39 bits per heavy atom. The molecule has 0 saturated heterocycles. The molecule has 0 aliphatic heterocycles. The van der Waals surface area contributed by atoms with Gasteiger partial charge < -0.3 is 18.9 Å². The number of carbonyl (C=O) groups excluding carboxylic acids is 2. The SMILES string of the molecule is CC/C=C/C/C=C/C/C=C/C/C=C/C/C=C/CCCCCC(=O)OC[C@H](COP(=O)(O)OCC[N+](C)(C)C)OC(=O)CCCCCCCCCCC/C=C/C/C=C/CCCCC. The van der Waals surface area contributed by atoms with Gasteiger partial charge in [-0.2, -0.15) is 0 Å². The molecule has 0 bridgehead atoms. The van der Waals surface area contributed by atoms with Gasteiger partial charge in [-0.3, -0.25) is 18.6 Å². The molecule has 0 aromatic heterocycles. The molecule has 0 aromatic carbocycles. The van der Waals surface area contributed by atoms with Crippen molar-refractivity contribution in [2.75, 3.05) is 47.5 Å². The normalized spacial score (nSPS) is 14.2. The van der Waals surface area contributed by atoms with E-state index >= 15 is 0 Å². The average Bonchev–Trinajstić information content (AvgIpc) is 3.23. The number of unbranched alkanes of at least 4 members (excludes halogenated alkanes) is 15. The number of esters is 2. The molecule has 9 nitrogen and oxygen atoms in total. The predicted molar refractivity (Wildman–Crippen MR) is 261 cm³/mol. The third-order valence-electron chi connectivity index (χ3n) is 9.91. The number of hydrogen-bond donors (Lipinski definition) is 1. The Bertz CT molecular complexity index is 1330. The summed E-state index contributed by atoms with van der Waals surface area (Å²) in [4.78, 5) is 35.5. The molecule has 0 spiro atoms. The number of likely N-dealkylation sites (N-methyl/N-ethyl adjacent to an activating group) is 1. The third-order valence-corrected chi connectivity index (χ3v) is 10.9. The van der Waals surface area contributed by atoms with Crippen LogP contribution >= 0.6 is 7.82 Å². The van der Waals surface area contributed by atoms with Crippen LogP contribution in [0.15, 0.2) is 85.1 Å². The van der Waals surface area contributed by atoms with Crippen molar-refractivity contribution in [3.63, 3.8) is 0 Å². The van der Waals surface area contributed by atoms with Crippen LogP contribution in [-0.4, -0.2) is 74.9 Å². The van der Waals surface area contributed by atoms with Crippen molar-refractivity contribution in [3.8, 4) is 0 Å². The number of phosphoric ester groups is 1. The second-order valence-corrected chi connectivity index (χ2v) is 18.6. The lowest BCUT2D eigenvalue weighted by Gasteiger charge is -2.24. The van der Waals surface area contributed by atoms with E-state index in [0.29, 0.717) is 23.9 Å². The van der Waals surface area contributed by atoms with Gasteiger partial charge in [0, 0.05) is 12.8 Å². The summed E-state index contributed by atoms with van der Waals surface area (Å²) in [7, 11) is 1.44. The Labute approximate surface area is 380 Å². The van der Waals surface area contributed by atoms with E-state index < -0.39 is 32.5 Å². The fourth-order valence-electron chi connectivity index (χ4n) is 6.13. The topological polar surface area (TPSA) is 108 Å². The van der Waals surface area contributed by atoms with Gasteiger partial charge in [0.05, 0.1) is 27.7 Å². The lowest BCUT2D eigenvalue weighted by molar-refractivity contribution is -0.870. The zero-order valence-corrected chi connectivity index (χ0v) is 41.0. The summed E-state index contributed by atoms with van der Waals surface area (Å²) in [6.45, 7) is 4.23. The highest BCUT2D eigenvalue weighted by Crippen LogP contribution is 2.43. The quantitative estimate of drug-likeness (QED) is 0.0212. The lowest BCUT2D eigenvalue weighted by atomic mass is 10.1. The van der Waals surface area contributed by atoms with E-state index in [1.54, 1.807) is 0 Å². The highest BCUT2D eigenvalue weighted by atomic mass is 31.2. The molecule has 0 radical (unpaired) electrons. The zero-order valence-electron chi connectivity index (χ0n) is 40.1. The number of rotatable bonds is 43. The van der Waals surface area contributed by atoms with Crippen LogP contribution in [0.3, 0.4) is 0 Å². The van der Waals surface area contributed by atoms with E-state index in [9.17, 15) is 19.0 Å². The summed E-state index contributed by atoms with van der Waals surface area (Å²) in [6.07, 6.45) is 56.3. The van der Waals surface area contributed by atoms with Crippen molar-refractivity contribution in [2.24, 2.45) is 0 Å². The summed E-state index contributed by atoms with van der Waals surface area (Å²) >= 11 is 0. The van der Waals surface area contributed by atoms with E-state index in [4.69, 9.17) is 18.5 Å². The van der Waals surface area contributed by atoms with Crippen LogP contribution in [0.4, 0.5) is 0 Å². The molecule has 356 valence electrons. The maximum absolute atomic E-state index is 12.7. The molecule has 0 fully saturated rings. The van der Waals surface area contributed by atoms with Crippen LogP contribution in [0.5, 0.6) is 0 Å². The fourth-order valence-corrected chi connectivity index (χ4v) is 6.87. The Morgan fingerprint density at radius 1 is 0.516 bits per heavy atom. The van der Waals surface area contributed by atoms with Crippen molar-refractivity contribution in [1.29, 1.82) is 0 Å². The predicted octanol–water partition coefficient (Wildman–Crippen LogP) is 14.4. The van der Waals surface area contributed by atoms with E-state index in [0.717, 1.165) is 83.5 Å². The molecule has 0 amide bonds. The maximum atomic E-state index is 12.7. The van der Waals surface area contributed by atoms with Crippen molar-refractivity contribution in [1.82, 2.24) is 0 Å². The molecule has 0 aromatic rings. The van der Waals surface area contributed by atoms with Gasteiger partial charge in [0.1, 0.15) is 19.8 Å². The molecule has 0 aliphatic rings. The second kappa shape index (κ2) is 43.4. The molecule has 0 rings (SSSR count). The van der Waals surface area contributed by atoms with E-state index in [1.165, 1.54) is 57.8 Å². The maximum Gasteiger partial charge on any atom is 0.472 e.